The minimum atomic E-state index is -0.463. The second-order valence-corrected chi connectivity index (χ2v) is 4.48. The molecule has 1 unspecified atom stereocenters. The minimum absolute atomic E-state index is 0.240. The third-order valence-corrected chi connectivity index (χ3v) is 3.12. The maximum Gasteiger partial charge on any atom is 0.0781 e. The third kappa shape index (κ3) is 2.36. The van der Waals surface area contributed by atoms with E-state index in [9.17, 15) is 10.2 Å². The van der Waals surface area contributed by atoms with Crippen LogP contribution in [0.15, 0.2) is 24.3 Å². The second kappa shape index (κ2) is 4.85. The van der Waals surface area contributed by atoms with Crippen molar-refractivity contribution in [2.75, 3.05) is 18.0 Å². The van der Waals surface area contributed by atoms with E-state index in [2.05, 4.69) is 4.90 Å². The lowest BCUT2D eigenvalue weighted by Gasteiger charge is -2.33. The van der Waals surface area contributed by atoms with E-state index in [1.807, 2.05) is 24.3 Å². The molecule has 0 bridgehead atoms. The first kappa shape index (κ1) is 11.4. The lowest BCUT2D eigenvalue weighted by Crippen LogP contribution is -2.38. The molecule has 2 atom stereocenters. The highest BCUT2D eigenvalue weighted by atomic mass is 16.3. The van der Waals surface area contributed by atoms with Crippen molar-refractivity contribution in [2.24, 2.45) is 0 Å². The third-order valence-electron chi connectivity index (χ3n) is 3.12. The Labute approximate surface area is 96.3 Å². The summed E-state index contributed by atoms with van der Waals surface area (Å²) in [6, 6.07) is 7.87. The van der Waals surface area contributed by atoms with Crippen LogP contribution in [0.3, 0.4) is 0 Å². The second-order valence-electron chi connectivity index (χ2n) is 4.48. The zero-order valence-electron chi connectivity index (χ0n) is 9.63. The molecule has 1 aliphatic heterocycles. The van der Waals surface area contributed by atoms with Gasteiger partial charge in [-0.3, -0.25) is 0 Å². The molecule has 0 saturated carbocycles. The van der Waals surface area contributed by atoms with Gasteiger partial charge in [0.15, 0.2) is 0 Å². The van der Waals surface area contributed by atoms with E-state index >= 15 is 0 Å². The molecule has 3 heteroatoms. The van der Waals surface area contributed by atoms with Crippen molar-refractivity contribution in [3.63, 3.8) is 0 Å². The molecule has 88 valence electrons. The standard InChI is InChI=1S/C13H19NO2/c1-10(15)12-6-2-3-7-13(12)14-8-4-5-11(16)9-14/h2-3,6-7,10-11,15-16H,4-5,8-9H2,1H3/t10-,11?/m0/s1. The molecule has 1 heterocycles. The number of hydrogen-bond acceptors (Lipinski definition) is 3. The van der Waals surface area contributed by atoms with Gasteiger partial charge in [0.05, 0.1) is 12.2 Å². The molecule has 1 saturated heterocycles. The Morgan fingerprint density at radius 1 is 1.38 bits per heavy atom. The quantitative estimate of drug-likeness (QED) is 0.799. The number of rotatable bonds is 2. The Morgan fingerprint density at radius 3 is 2.81 bits per heavy atom. The first-order valence-corrected chi connectivity index (χ1v) is 5.88. The van der Waals surface area contributed by atoms with E-state index in [4.69, 9.17) is 0 Å². The molecule has 0 spiro atoms. The Kier molecular flexibility index (Phi) is 3.46. The molecule has 0 aromatic heterocycles. The fourth-order valence-electron chi connectivity index (χ4n) is 2.30. The Hall–Kier alpha value is -1.06. The van der Waals surface area contributed by atoms with Gasteiger partial charge in [-0.15, -0.1) is 0 Å². The predicted octanol–water partition coefficient (Wildman–Crippen LogP) is 1.70. The van der Waals surface area contributed by atoms with Gasteiger partial charge in [0.1, 0.15) is 0 Å². The van der Waals surface area contributed by atoms with E-state index in [0.717, 1.165) is 30.6 Å². The molecule has 2 N–H and O–H groups in total. The molecule has 2 rings (SSSR count). The average molecular weight is 221 g/mol. The molecular formula is C13H19NO2. The normalized spacial score (nSPS) is 23.2. The average Bonchev–Trinajstić information content (AvgIpc) is 2.29. The van der Waals surface area contributed by atoms with Crippen molar-refractivity contribution < 1.29 is 10.2 Å². The molecule has 0 amide bonds. The first-order chi connectivity index (χ1) is 7.68. The summed E-state index contributed by atoms with van der Waals surface area (Å²) in [6.07, 6.45) is 1.19. The largest absolute Gasteiger partial charge is 0.391 e. The minimum Gasteiger partial charge on any atom is -0.391 e. The van der Waals surface area contributed by atoms with Crippen LogP contribution in [0.2, 0.25) is 0 Å². The van der Waals surface area contributed by atoms with Gasteiger partial charge in [0.25, 0.3) is 0 Å². The van der Waals surface area contributed by atoms with Crippen LogP contribution in [0.4, 0.5) is 5.69 Å². The molecule has 0 aliphatic carbocycles. The fourth-order valence-corrected chi connectivity index (χ4v) is 2.30. The summed E-state index contributed by atoms with van der Waals surface area (Å²) >= 11 is 0. The first-order valence-electron chi connectivity index (χ1n) is 5.88. The number of β-amino-alcohol motifs (C(OH)–C–C–N with tert-alkyl or cyclic N) is 1. The molecule has 16 heavy (non-hydrogen) atoms. The van der Waals surface area contributed by atoms with Gasteiger partial charge in [0.2, 0.25) is 0 Å². The summed E-state index contributed by atoms with van der Waals surface area (Å²) in [5, 5.41) is 19.4. The van der Waals surface area contributed by atoms with Crippen LogP contribution in [0.1, 0.15) is 31.4 Å². The summed E-state index contributed by atoms with van der Waals surface area (Å²) in [5.41, 5.74) is 1.99. The van der Waals surface area contributed by atoms with Crippen molar-refractivity contribution in [3.05, 3.63) is 29.8 Å². The number of nitrogens with zero attached hydrogens (tertiary/aromatic N) is 1. The molecule has 1 fully saturated rings. The van der Waals surface area contributed by atoms with Crippen LogP contribution < -0.4 is 4.90 Å². The smallest absolute Gasteiger partial charge is 0.0781 e. The molecule has 0 radical (unpaired) electrons. The van der Waals surface area contributed by atoms with Crippen LogP contribution in [-0.4, -0.2) is 29.4 Å². The van der Waals surface area contributed by atoms with Gasteiger partial charge in [-0.05, 0) is 25.8 Å². The summed E-state index contributed by atoms with van der Waals surface area (Å²) in [6.45, 7) is 3.41. The molecule has 1 aromatic rings. The predicted molar refractivity (Wildman–Crippen MR) is 64.5 cm³/mol. The van der Waals surface area contributed by atoms with E-state index in [0.29, 0.717) is 6.54 Å². The van der Waals surface area contributed by atoms with Gasteiger partial charge in [-0.1, -0.05) is 18.2 Å². The van der Waals surface area contributed by atoms with E-state index < -0.39 is 6.10 Å². The van der Waals surface area contributed by atoms with Crippen molar-refractivity contribution in [2.45, 2.75) is 32.0 Å². The van der Waals surface area contributed by atoms with Crippen LogP contribution in [0.25, 0.3) is 0 Å². The fraction of sp³-hybridized carbons (Fsp3) is 0.538. The topological polar surface area (TPSA) is 43.7 Å². The molecule has 1 aliphatic rings. The van der Waals surface area contributed by atoms with Crippen LogP contribution in [0, 0.1) is 0 Å². The zero-order valence-corrected chi connectivity index (χ0v) is 9.63. The number of anilines is 1. The van der Waals surface area contributed by atoms with Gasteiger partial charge in [-0.25, -0.2) is 0 Å². The maximum atomic E-state index is 9.71. The van der Waals surface area contributed by atoms with Crippen LogP contribution in [0.5, 0.6) is 0 Å². The highest BCUT2D eigenvalue weighted by molar-refractivity contribution is 5.54. The maximum absolute atomic E-state index is 9.71. The van der Waals surface area contributed by atoms with Crippen molar-refractivity contribution >= 4 is 5.69 Å². The Balaban J connectivity index is 2.25. The van der Waals surface area contributed by atoms with Crippen molar-refractivity contribution in [1.29, 1.82) is 0 Å². The Bertz CT molecular complexity index is 352. The number of para-hydroxylation sites is 1. The summed E-state index contributed by atoms with van der Waals surface area (Å²) in [7, 11) is 0. The SMILES string of the molecule is C[C@H](O)c1ccccc1N1CCCC(O)C1. The van der Waals surface area contributed by atoms with Crippen LogP contribution >= 0.6 is 0 Å². The highest BCUT2D eigenvalue weighted by Gasteiger charge is 2.20. The van der Waals surface area contributed by atoms with Gasteiger partial charge in [-0.2, -0.15) is 0 Å². The lowest BCUT2D eigenvalue weighted by molar-refractivity contribution is 0.153. The van der Waals surface area contributed by atoms with Gasteiger partial charge < -0.3 is 15.1 Å². The van der Waals surface area contributed by atoms with E-state index in [-0.39, 0.29) is 6.10 Å². The zero-order chi connectivity index (χ0) is 11.5. The number of aliphatic hydroxyl groups excluding tert-OH is 2. The summed E-state index contributed by atoms with van der Waals surface area (Å²) in [5.74, 6) is 0. The van der Waals surface area contributed by atoms with E-state index in [1.54, 1.807) is 6.92 Å². The summed E-state index contributed by atoms with van der Waals surface area (Å²) < 4.78 is 0. The van der Waals surface area contributed by atoms with Crippen molar-refractivity contribution in [3.8, 4) is 0 Å². The lowest BCUT2D eigenvalue weighted by atomic mass is 10.0. The molecule has 3 nitrogen and oxygen atoms in total. The Morgan fingerprint density at radius 2 is 2.12 bits per heavy atom. The van der Waals surface area contributed by atoms with Gasteiger partial charge in [0, 0.05) is 24.3 Å². The van der Waals surface area contributed by atoms with Crippen LogP contribution in [-0.2, 0) is 0 Å². The highest BCUT2D eigenvalue weighted by Crippen LogP contribution is 2.28. The monoisotopic (exact) mass is 221 g/mol. The summed E-state index contributed by atoms with van der Waals surface area (Å²) in [4.78, 5) is 2.16. The molecular weight excluding hydrogens is 202 g/mol. The number of benzene rings is 1. The number of aliphatic hydroxyl groups is 2. The van der Waals surface area contributed by atoms with E-state index in [1.165, 1.54) is 0 Å². The number of hydrogen-bond donors (Lipinski definition) is 2. The van der Waals surface area contributed by atoms with Gasteiger partial charge >= 0.3 is 0 Å². The number of piperidine rings is 1. The molecule has 1 aromatic carbocycles. The van der Waals surface area contributed by atoms with Crippen molar-refractivity contribution in [1.82, 2.24) is 0 Å².